The maximum atomic E-state index is 8.85. The molecule has 15 heavy (non-hydrogen) atoms. The Hall–Kier alpha value is -0.680. The van der Waals surface area contributed by atoms with Crippen LogP contribution in [0.4, 0.5) is 0 Å². The van der Waals surface area contributed by atoms with Crippen LogP contribution in [-0.4, -0.2) is 66.1 Å². The van der Waals surface area contributed by atoms with Crippen LogP contribution in [0.3, 0.4) is 0 Å². The first-order chi connectivity index (χ1) is 7.28. The van der Waals surface area contributed by atoms with E-state index in [0.717, 1.165) is 13.1 Å². The van der Waals surface area contributed by atoms with E-state index in [4.69, 9.17) is 10.2 Å². The molecule has 0 rings (SSSR count). The van der Waals surface area contributed by atoms with E-state index in [-0.39, 0.29) is 13.2 Å². The maximum Gasteiger partial charge on any atom is 0.0558 e. The van der Waals surface area contributed by atoms with Crippen LogP contribution in [0.2, 0.25) is 0 Å². The first-order valence-electron chi connectivity index (χ1n) is 5.16. The van der Waals surface area contributed by atoms with E-state index in [0.29, 0.717) is 19.8 Å². The van der Waals surface area contributed by atoms with Crippen molar-refractivity contribution < 1.29 is 10.2 Å². The van der Waals surface area contributed by atoms with Crippen molar-refractivity contribution in [3.05, 3.63) is 25.3 Å². The summed E-state index contributed by atoms with van der Waals surface area (Å²) in [5, 5.41) is 17.7. The van der Waals surface area contributed by atoms with Gasteiger partial charge in [-0.1, -0.05) is 12.2 Å². The van der Waals surface area contributed by atoms with Crippen LogP contribution in [0.5, 0.6) is 0 Å². The quantitative estimate of drug-likeness (QED) is 0.394. The van der Waals surface area contributed by atoms with E-state index in [1.54, 1.807) is 0 Å². The maximum absolute atomic E-state index is 8.85. The van der Waals surface area contributed by atoms with Gasteiger partial charge in [0.05, 0.1) is 19.9 Å². The Bertz CT molecular complexity index is 158. The largest absolute Gasteiger partial charge is 0.395 e. The standard InChI is InChI=1S/C11H22N2O2/c1-3-5-12(6-4-2)11-13(7-9-14)8-10-15/h3-4,14-15H,1-2,5-11H2. The lowest BCUT2D eigenvalue weighted by atomic mass is 10.4. The molecule has 0 amide bonds. The van der Waals surface area contributed by atoms with E-state index < -0.39 is 0 Å². The number of aliphatic hydroxyl groups excluding tert-OH is 2. The van der Waals surface area contributed by atoms with Gasteiger partial charge >= 0.3 is 0 Å². The lowest BCUT2D eigenvalue weighted by Gasteiger charge is -2.28. The Balaban J connectivity index is 4.04. The van der Waals surface area contributed by atoms with Gasteiger partial charge in [-0.25, -0.2) is 0 Å². The van der Waals surface area contributed by atoms with Gasteiger partial charge in [-0.2, -0.15) is 0 Å². The average molecular weight is 214 g/mol. The normalized spacial score (nSPS) is 10.9. The smallest absolute Gasteiger partial charge is 0.0558 e. The number of hydrogen-bond acceptors (Lipinski definition) is 4. The second kappa shape index (κ2) is 9.86. The zero-order valence-corrected chi connectivity index (χ0v) is 9.31. The molecule has 2 N–H and O–H groups in total. The minimum atomic E-state index is 0.107. The van der Waals surface area contributed by atoms with Crippen LogP contribution in [0.15, 0.2) is 25.3 Å². The van der Waals surface area contributed by atoms with Crippen LogP contribution in [0.1, 0.15) is 0 Å². The van der Waals surface area contributed by atoms with Crippen molar-refractivity contribution in [1.82, 2.24) is 9.80 Å². The van der Waals surface area contributed by atoms with Crippen LogP contribution in [0.25, 0.3) is 0 Å². The topological polar surface area (TPSA) is 46.9 Å². The molecular weight excluding hydrogens is 192 g/mol. The Kier molecular flexibility index (Phi) is 9.41. The number of nitrogens with zero attached hydrogens (tertiary/aromatic N) is 2. The molecule has 0 spiro atoms. The molecule has 0 aromatic rings. The Labute approximate surface area is 92.1 Å². The summed E-state index contributed by atoms with van der Waals surface area (Å²) in [7, 11) is 0. The molecule has 0 aliphatic rings. The molecule has 0 aromatic carbocycles. The van der Waals surface area contributed by atoms with Gasteiger partial charge < -0.3 is 10.2 Å². The number of aliphatic hydroxyl groups is 2. The predicted octanol–water partition coefficient (Wildman–Crippen LogP) is -0.0955. The molecule has 0 bridgehead atoms. The van der Waals surface area contributed by atoms with Gasteiger partial charge in [0.1, 0.15) is 0 Å². The van der Waals surface area contributed by atoms with Gasteiger partial charge in [-0.15, -0.1) is 13.2 Å². The van der Waals surface area contributed by atoms with Gasteiger partial charge in [0.15, 0.2) is 0 Å². The van der Waals surface area contributed by atoms with Crippen LogP contribution < -0.4 is 0 Å². The molecule has 0 aliphatic carbocycles. The summed E-state index contributed by atoms with van der Waals surface area (Å²) in [4.78, 5) is 4.12. The monoisotopic (exact) mass is 214 g/mol. The zero-order chi connectivity index (χ0) is 11.5. The highest BCUT2D eigenvalue weighted by Gasteiger charge is 2.08. The fourth-order valence-electron chi connectivity index (χ4n) is 1.37. The zero-order valence-electron chi connectivity index (χ0n) is 9.31. The van der Waals surface area contributed by atoms with Gasteiger partial charge in [-0.05, 0) is 0 Å². The summed E-state index contributed by atoms with van der Waals surface area (Å²) < 4.78 is 0. The highest BCUT2D eigenvalue weighted by atomic mass is 16.3. The van der Waals surface area contributed by atoms with E-state index in [1.165, 1.54) is 0 Å². The van der Waals surface area contributed by atoms with E-state index in [9.17, 15) is 0 Å². The summed E-state index contributed by atoms with van der Waals surface area (Å²) in [6.07, 6.45) is 3.67. The lowest BCUT2D eigenvalue weighted by molar-refractivity contribution is 0.104. The summed E-state index contributed by atoms with van der Waals surface area (Å²) in [6.45, 7) is 11.0. The second-order valence-corrected chi connectivity index (χ2v) is 3.32. The van der Waals surface area contributed by atoms with Crippen molar-refractivity contribution >= 4 is 0 Å². The molecule has 0 aliphatic heterocycles. The van der Waals surface area contributed by atoms with Crippen molar-refractivity contribution in [3.8, 4) is 0 Å². The van der Waals surface area contributed by atoms with Gasteiger partial charge in [0.2, 0.25) is 0 Å². The van der Waals surface area contributed by atoms with Crippen LogP contribution >= 0.6 is 0 Å². The average Bonchev–Trinajstić information content (AvgIpc) is 2.19. The third kappa shape index (κ3) is 7.27. The Morgan fingerprint density at radius 2 is 1.33 bits per heavy atom. The SMILES string of the molecule is C=CCN(CC=C)CN(CCO)CCO. The molecule has 88 valence electrons. The predicted molar refractivity (Wildman–Crippen MR) is 62.6 cm³/mol. The van der Waals surface area contributed by atoms with Gasteiger partial charge in [-0.3, -0.25) is 9.80 Å². The van der Waals surface area contributed by atoms with E-state index >= 15 is 0 Å². The Morgan fingerprint density at radius 3 is 1.67 bits per heavy atom. The molecule has 4 heteroatoms. The summed E-state index contributed by atoms with van der Waals surface area (Å²) in [5.41, 5.74) is 0. The summed E-state index contributed by atoms with van der Waals surface area (Å²) >= 11 is 0. The van der Waals surface area contributed by atoms with Crippen molar-refractivity contribution in [1.29, 1.82) is 0 Å². The molecule has 0 fully saturated rings. The minimum absolute atomic E-state index is 0.107. The van der Waals surface area contributed by atoms with Crippen molar-refractivity contribution in [2.75, 3.05) is 46.1 Å². The molecule has 0 unspecified atom stereocenters. The molecule has 4 nitrogen and oxygen atoms in total. The highest BCUT2D eigenvalue weighted by molar-refractivity contribution is 4.79. The number of rotatable bonds is 10. The van der Waals surface area contributed by atoms with Crippen molar-refractivity contribution in [2.24, 2.45) is 0 Å². The lowest BCUT2D eigenvalue weighted by Crippen LogP contribution is -2.41. The number of hydrogen-bond donors (Lipinski definition) is 2. The van der Waals surface area contributed by atoms with E-state index in [2.05, 4.69) is 18.1 Å². The third-order valence-electron chi connectivity index (χ3n) is 2.01. The first kappa shape index (κ1) is 14.3. The molecule has 0 saturated carbocycles. The molecule has 0 radical (unpaired) electrons. The van der Waals surface area contributed by atoms with Gasteiger partial charge in [0.25, 0.3) is 0 Å². The summed E-state index contributed by atoms with van der Waals surface area (Å²) in [6, 6.07) is 0. The highest BCUT2D eigenvalue weighted by Crippen LogP contribution is 1.95. The molecular formula is C11H22N2O2. The van der Waals surface area contributed by atoms with Crippen LogP contribution in [-0.2, 0) is 0 Å². The molecule has 0 aromatic heterocycles. The fraction of sp³-hybridized carbons (Fsp3) is 0.636. The van der Waals surface area contributed by atoms with Crippen molar-refractivity contribution in [3.63, 3.8) is 0 Å². The first-order valence-corrected chi connectivity index (χ1v) is 5.16. The Morgan fingerprint density at radius 1 is 0.867 bits per heavy atom. The van der Waals surface area contributed by atoms with Gasteiger partial charge in [0, 0.05) is 26.2 Å². The fourth-order valence-corrected chi connectivity index (χ4v) is 1.37. The second-order valence-electron chi connectivity index (χ2n) is 3.32. The minimum Gasteiger partial charge on any atom is -0.395 e. The molecule has 0 atom stereocenters. The molecule has 0 saturated heterocycles. The van der Waals surface area contributed by atoms with E-state index in [1.807, 2.05) is 17.1 Å². The van der Waals surface area contributed by atoms with Crippen molar-refractivity contribution in [2.45, 2.75) is 0 Å². The molecule has 0 heterocycles. The third-order valence-corrected chi connectivity index (χ3v) is 2.01. The summed E-state index contributed by atoms with van der Waals surface area (Å²) in [5.74, 6) is 0. The van der Waals surface area contributed by atoms with Crippen LogP contribution in [0, 0.1) is 0 Å².